The molecule has 4 rings (SSSR count). The third-order valence-electron chi connectivity index (χ3n) is 4.71. The van der Waals surface area contributed by atoms with Crippen molar-refractivity contribution in [3.05, 3.63) is 53.9 Å². The van der Waals surface area contributed by atoms with E-state index in [-0.39, 0.29) is 11.8 Å². The van der Waals surface area contributed by atoms with Gasteiger partial charge in [-0.1, -0.05) is 19.1 Å². The Morgan fingerprint density at radius 2 is 1.92 bits per heavy atom. The van der Waals surface area contributed by atoms with Crippen LogP contribution in [0.25, 0.3) is 11.1 Å². The average Bonchev–Trinajstić information content (AvgIpc) is 3.12. The molecule has 128 valence electrons. The number of piperidine rings is 1. The fourth-order valence-electron chi connectivity index (χ4n) is 3.22. The quantitative estimate of drug-likeness (QED) is 0.734. The second-order valence-electron chi connectivity index (χ2n) is 6.33. The molecule has 3 aromatic rings. The normalized spacial score (nSPS) is 15.6. The van der Waals surface area contributed by atoms with E-state index in [4.69, 9.17) is 4.42 Å². The van der Waals surface area contributed by atoms with Crippen LogP contribution >= 0.6 is 0 Å². The minimum Gasteiger partial charge on any atom is -0.440 e. The highest BCUT2D eigenvalue weighted by molar-refractivity contribution is 5.93. The molecule has 25 heavy (non-hydrogen) atoms. The molecule has 1 fully saturated rings. The predicted octanol–water partition coefficient (Wildman–Crippen LogP) is 3.20. The van der Waals surface area contributed by atoms with Crippen LogP contribution in [0, 0.1) is 0 Å². The maximum absolute atomic E-state index is 12.6. The Kier molecular flexibility index (Phi) is 4.17. The molecule has 1 aliphatic rings. The standard InChI is InChI=1S/C19H20N4O2/c1-2-17-20-11-14(12-21-17)19(24)23-9-7-13(8-10-23)18-22-15-5-3-4-6-16(15)25-18/h3-6,11-13H,2,7-10H2,1H3. The SMILES string of the molecule is CCc1ncc(C(=O)N2CCC(c3nc4ccccc4o3)CC2)cn1. The van der Waals surface area contributed by atoms with Crippen molar-refractivity contribution in [2.45, 2.75) is 32.1 Å². The lowest BCUT2D eigenvalue weighted by Gasteiger charge is -2.30. The maximum atomic E-state index is 12.6. The van der Waals surface area contributed by atoms with Crippen molar-refractivity contribution in [3.63, 3.8) is 0 Å². The summed E-state index contributed by atoms with van der Waals surface area (Å²) in [7, 11) is 0. The molecule has 0 unspecified atom stereocenters. The van der Waals surface area contributed by atoms with E-state index in [2.05, 4.69) is 15.0 Å². The Morgan fingerprint density at radius 3 is 2.60 bits per heavy atom. The van der Waals surface area contributed by atoms with Crippen LogP contribution in [-0.2, 0) is 6.42 Å². The van der Waals surface area contributed by atoms with Crippen molar-refractivity contribution >= 4 is 17.0 Å². The van der Waals surface area contributed by atoms with E-state index in [1.165, 1.54) is 0 Å². The fraction of sp³-hybridized carbons (Fsp3) is 0.368. The predicted molar refractivity (Wildman–Crippen MR) is 93.3 cm³/mol. The largest absolute Gasteiger partial charge is 0.440 e. The zero-order valence-corrected chi connectivity index (χ0v) is 14.2. The molecule has 1 saturated heterocycles. The number of fused-ring (bicyclic) bond motifs is 1. The molecule has 6 nitrogen and oxygen atoms in total. The number of nitrogens with zero attached hydrogens (tertiary/aromatic N) is 4. The summed E-state index contributed by atoms with van der Waals surface area (Å²) in [6, 6.07) is 7.80. The number of para-hydroxylation sites is 2. The molecule has 0 saturated carbocycles. The smallest absolute Gasteiger partial charge is 0.256 e. The number of aryl methyl sites for hydroxylation is 1. The fourth-order valence-corrected chi connectivity index (χ4v) is 3.22. The van der Waals surface area contributed by atoms with Crippen molar-refractivity contribution < 1.29 is 9.21 Å². The van der Waals surface area contributed by atoms with E-state index in [0.717, 1.165) is 42.1 Å². The van der Waals surface area contributed by atoms with Crippen molar-refractivity contribution in [2.75, 3.05) is 13.1 Å². The Morgan fingerprint density at radius 1 is 1.20 bits per heavy atom. The van der Waals surface area contributed by atoms with E-state index in [1.807, 2.05) is 36.1 Å². The average molecular weight is 336 g/mol. The minimum absolute atomic E-state index is 0.00123. The molecule has 0 aliphatic carbocycles. The van der Waals surface area contributed by atoms with Crippen LogP contribution in [0.3, 0.4) is 0 Å². The summed E-state index contributed by atoms with van der Waals surface area (Å²) < 4.78 is 5.88. The number of hydrogen-bond acceptors (Lipinski definition) is 5. The second-order valence-corrected chi connectivity index (χ2v) is 6.33. The summed E-state index contributed by atoms with van der Waals surface area (Å²) in [5.41, 5.74) is 2.27. The van der Waals surface area contributed by atoms with Crippen molar-refractivity contribution in [3.8, 4) is 0 Å². The number of aromatic nitrogens is 3. The van der Waals surface area contributed by atoms with Crippen molar-refractivity contribution in [1.82, 2.24) is 19.9 Å². The van der Waals surface area contributed by atoms with Crippen LogP contribution in [0.4, 0.5) is 0 Å². The zero-order chi connectivity index (χ0) is 17.2. The second kappa shape index (κ2) is 6.63. The molecule has 6 heteroatoms. The molecule has 1 amide bonds. The van der Waals surface area contributed by atoms with Gasteiger partial charge < -0.3 is 9.32 Å². The molecule has 1 aromatic carbocycles. The van der Waals surface area contributed by atoms with E-state index >= 15 is 0 Å². The molecule has 0 N–H and O–H groups in total. The van der Waals surface area contributed by atoms with E-state index in [0.29, 0.717) is 18.7 Å². The summed E-state index contributed by atoms with van der Waals surface area (Å²) >= 11 is 0. The van der Waals surface area contributed by atoms with Crippen molar-refractivity contribution in [1.29, 1.82) is 0 Å². The van der Waals surface area contributed by atoms with Gasteiger partial charge in [-0.3, -0.25) is 4.79 Å². The summed E-state index contributed by atoms with van der Waals surface area (Å²) in [6.07, 6.45) is 5.73. The molecular weight excluding hydrogens is 316 g/mol. The first kappa shape index (κ1) is 15.7. The highest BCUT2D eigenvalue weighted by Crippen LogP contribution is 2.30. The third-order valence-corrected chi connectivity index (χ3v) is 4.71. The molecule has 0 radical (unpaired) electrons. The lowest BCUT2D eigenvalue weighted by Crippen LogP contribution is -2.38. The van der Waals surface area contributed by atoms with Gasteiger partial charge in [-0.05, 0) is 25.0 Å². The number of rotatable bonds is 3. The highest BCUT2D eigenvalue weighted by Gasteiger charge is 2.27. The van der Waals surface area contributed by atoms with Crippen LogP contribution < -0.4 is 0 Å². The monoisotopic (exact) mass is 336 g/mol. The van der Waals surface area contributed by atoms with Crippen LogP contribution in [0.15, 0.2) is 41.1 Å². The maximum Gasteiger partial charge on any atom is 0.256 e. The summed E-state index contributed by atoms with van der Waals surface area (Å²) in [5.74, 6) is 1.80. The van der Waals surface area contributed by atoms with Crippen LogP contribution in [-0.4, -0.2) is 38.8 Å². The van der Waals surface area contributed by atoms with Gasteiger partial charge in [0.2, 0.25) is 0 Å². The summed E-state index contributed by atoms with van der Waals surface area (Å²) in [5, 5.41) is 0. The molecule has 2 aromatic heterocycles. The minimum atomic E-state index is -0.00123. The van der Waals surface area contributed by atoms with Gasteiger partial charge in [0, 0.05) is 37.8 Å². The molecule has 0 spiro atoms. The number of likely N-dealkylation sites (tertiary alicyclic amines) is 1. The molecule has 1 aliphatic heterocycles. The summed E-state index contributed by atoms with van der Waals surface area (Å²) in [6.45, 7) is 3.38. The number of oxazole rings is 1. The Balaban J connectivity index is 1.42. The van der Waals surface area contributed by atoms with Crippen LogP contribution in [0.1, 0.15) is 47.8 Å². The molecule has 0 atom stereocenters. The van der Waals surface area contributed by atoms with E-state index in [1.54, 1.807) is 12.4 Å². The zero-order valence-electron chi connectivity index (χ0n) is 14.2. The van der Waals surface area contributed by atoms with Gasteiger partial charge in [-0.15, -0.1) is 0 Å². The molecule has 0 bridgehead atoms. The molecular formula is C19H20N4O2. The first-order chi connectivity index (χ1) is 12.2. The Labute approximate surface area is 145 Å². The Hall–Kier alpha value is -2.76. The first-order valence-electron chi connectivity index (χ1n) is 8.70. The van der Waals surface area contributed by atoms with Gasteiger partial charge in [0.05, 0.1) is 5.56 Å². The van der Waals surface area contributed by atoms with E-state index in [9.17, 15) is 4.79 Å². The van der Waals surface area contributed by atoms with Gasteiger partial charge in [-0.25, -0.2) is 15.0 Å². The number of carbonyl (C=O) groups excluding carboxylic acids is 1. The number of amides is 1. The lowest BCUT2D eigenvalue weighted by atomic mass is 9.96. The van der Waals surface area contributed by atoms with Gasteiger partial charge in [0.1, 0.15) is 11.3 Å². The van der Waals surface area contributed by atoms with Crippen molar-refractivity contribution in [2.24, 2.45) is 0 Å². The molecule has 3 heterocycles. The van der Waals surface area contributed by atoms with Gasteiger partial charge in [-0.2, -0.15) is 0 Å². The van der Waals surface area contributed by atoms with Crippen LogP contribution in [0.5, 0.6) is 0 Å². The Bertz CT molecular complexity index is 847. The van der Waals surface area contributed by atoms with Crippen LogP contribution in [0.2, 0.25) is 0 Å². The number of benzene rings is 1. The highest BCUT2D eigenvalue weighted by atomic mass is 16.3. The van der Waals surface area contributed by atoms with E-state index < -0.39 is 0 Å². The lowest BCUT2D eigenvalue weighted by molar-refractivity contribution is 0.0706. The third kappa shape index (κ3) is 3.12. The number of carbonyl (C=O) groups is 1. The van der Waals surface area contributed by atoms with Gasteiger partial charge in [0.25, 0.3) is 5.91 Å². The topological polar surface area (TPSA) is 72.1 Å². The van der Waals surface area contributed by atoms with Gasteiger partial charge in [0.15, 0.2) is 11.5 Å². The number of hydrogen-bond donors (Lipinski definition) is 0. The summed E-state index contributed by atoms with van der Waals surface area (Å²) in [4.78, 5) is 27.5. The first-order valence-corrected chi connectivity index (χ1v) is 8.70. The van der Waals surface area contributed by atoms with Gasteiger partial charge >= 0.3 is 0 Å².